The van der Waals surface area contributed by atoms with Crippen molar-refractivity contribution >= 4 is 22.8 Å². The number of nitrogens with zero attached hydrogens (tertiary/aromatic N) is 3. The number of carbonyl (C=O) groups excluding carboxylic acids is 1. The number of H-pyrrole nitrogens is 1. The van der Waals surface area contributed by atoms with Crippen LogP contribution in [0.15, 0.2) is 30.5 Å². The second-order valence-corrected chi connectivity index (χ2v) is 7.64. The summed E-state index contributed by atoms with van der Waals surface area (Å²) < 4.78 is 6.33. The number of ether oxygens (including phenoxy) is 1. The molecule has 0 unspecified atom stereocenters. The summed E-state index contributed by atoms with van der Waals surface area (Å²) in [5, 5.41) is 1.29. The maximum Gasteiger partial charge on any atom is 0.257 e. The van der Waals surface area contributed by atoms with Crippen LogP contribution in [0.5, 0.6) is 0 Å². The quantitative estimate of drug-likeness (QED) is 0.679. The third-order valence-electron chi connectivity index (χ3n) is 6.09. The molecule has 1 saturated heterocycles. The molecule has 3 aromatic rings. The molecule has 7 nitrogen and oxygen atoms in total. The summed E-state index contributed by atoms with van der Waals surface area (Å²) in [5.41, 5.74) is 10.1. The standard InChI is InChI=1S/C21H23N5O2/c1-13-16(12-23-20(22)24-13)19(27)26-9-7-21(8-10-26)18-15(6-11-28-21)14-4-2-3-5-17(14)25-18/h2-5,12,25H,6-11H2,1H3,(H2,22,23,24). The van der Waals surface area contributed by atoms with E-state index in [1.54, 1.807) is 6.92 Å². The van der Waals surface area contributed by atoms with Crippen molar-refractivity contribution in [3.63, 3.8) is 0 Å². The van der Waals surface area contributed by atoms with Gasteiger partial charge in [-0.2, -0.15) is 0 Å². The fraction of sp³-hybridized carbons (Fsp3) is 0.381. The van der Waals surface area contributed by atoms with Crippen molar-refractivity contribution in [2.24, 2.45) is 0 Å². The fourth-order valence-corrected chi connectivity index (χ4v) is 4.60. The van der Waals surface area contributed by atoms with Crippen LogP contribution in [0.3, 0.4) is 0 Å². The third kappa shape index (κ3) is 2.57. The topological polar surface area (TPSA) is 97.1 Å². The number of hydrogen-bond acceptors (Lipinski definition) is 5. The van der Waals surface area contributed by atoms with E-state index in [1.807, 2.05) is 4.90 Å². The van der Waals surface area contributed by atoms with E-state index in [0.717, 1.165) is 24.8 Å². The molecule has 2 aromatic heterocycles. The van der Waals surface area contributed by atoms with Crippen LogP contribution in [0.1, 0.15) is 40.2 Å². The first-order valence-corrected chi connectivity index (χ1v) is 9.70. The summed E-state index contributed by atoms with van der Waals surface area (Å²) >= 11 is 0. The second-order valence-electron chi connectivity index (χ2n) is 7.64. The van der Waals surface area contributed by atoms with Gasteiger partial charge in [-0.1, -0.05) is 18.2 Å². The van der Waals surface area contributed by atoms with E-state index in [0.29, 0.717) is 31.0 Å². The van der Waals surface area contributed by atoms with Crippen LogP contribution < -0.4 is 5.73 Å². The Labute approximate surface area is 162 Å². The van der Waals surface area contributed by atoms with Crippen LogP contribution in [0.2, 0.25) is 0 Å². The molecule has 2 aliphatic heterocycles. The van der Waals surface area contributed by atoms with Crippen LogP contribution in [-0.2, 0) is 16.8 Å². The van der Waals surface area contributed by atoms with Crippen molar-refractivity contribution in [2.45, 2.75) is 31.8 Å². The molecule has 144 valence electrons. The molecule has 1 aromatic carbocycles. The number of nitrogens with one attached hydrogen (secondary N) is 1. The number of nitrogens with two attached hydrogens (primary N) is 1. The number of para-hydroxylation sites is 1. The van der Waals surface area contributed by atoms with Crippen LogP contribution >= 0.6 is 0 Å². The number of piperidine rings is 1. The largest absolute Gasteiger partial charge is 0.368 e. The van der Waals surface area contributed by atoms with Crippen molar-refractivity contribution in [3.05, 3.63) is 53.0 Å². The lowest BCUT2D eigenvalue weighted by Gasteiger charge is -2.43. The zero-order chi connectivity index (χ0) is 19.3. The van der Waals surface area contributed by atoms with Gasteiger partial charge in [-0.05, 0) is 37.8 Å². The zero-order valence-electron chi connectivity index (χ0n) is 15.9. The Morgan fingerprint density at radius 2 is 2.07 bits per heavy atom. The Hall–Kier alpha value is -2.93. The molecule has 1 spiro atoms. The van der Waals surface area contributed by atoms with E-state index in [2.05, 4.69) is 39.2 Å². The van der Waals surface area contributed by atoms with Gasteiger partial charge in [0.2, 0.25) is 5.95 Å². The van der Waals surface area contributed by atoms with Crippen molar-refractivity contribution in [1.29, 1.82) is 0 Å². The van der Waals surface area contributed by atoms with E-state index in [1.165, 1.54) is 22.8 Å². The van der Waals surface area contributed by atoms with Crippen molar-refractivity contribution in [1.82, 2.24) is 19.9 Å². The molecule has 2 aliphatic rings. The smallest absolute Gasteiger partial charge is 0.257 e. The Morgan fingerprint density at radius 1 is 1.29 bits per heavy atom. The summed E-state index contributed by atoms with van der Waals surface area (Å²) in [5.74, 6) is 0.147. The molecule has 0 aliphatic carbocycles. The summed E-state index contributed by atoms with van der Waals surface area (Å²) in [4.78, 5) is 26.5. The first-order valence-electron chi connectivity index (χ1n) is 9.70. The Kier molecular flexibility index (Phi) is 3.87. The molecule has 0 atom stereocenters. The number of aryl methyl sites for hydroxylation is 1. The van der Waals surface area contributed by atoms with E-state index >= 15 is 0 Å². The molecule has 1 amide bonds. The van der Waals surface area contributed by atoms with Gasteiger partial charge in [0.25, 0.3) is 5.91 Å². The number of nitrogen functional groups attached to an aromatic ring is 1. The number of amides is 1. The number of benzene rings is 1. The molecular weight excluding hydrogens is 354 g/mol. The highest BCUT2D eigenvalue weighted by atomic mass is 16.5. The van der Waals surface area contributed by atoms with Gasteiger partial charge in [0.05, 0.1) is 23.6 Å². The molecule has 7 heteroatoms. The number of carbonyl (C=O) groups is 1. The van der Waals surface area contributed by atoms with Gasteiger partial charge in [-0.3, -0.25) is 4.79 Å². The van der Waals surface area contributed by atoms with Gasteiger partial charge in [-0.15, -0.1) is 0 Å². The molecule has 0 saturated carbocycles. The van der Waals surface area contributed by atoms with Crippen molar-refractivity contribution in [2.75, 3.05) is 25.4 Å². The number of likely N-dealkylation sites (tertiary alicyclic amines) is 1. The average Bonchev–Trinajstić information content (AvgIpc) is 3.09. The average molecular weight is 377 g/mol. The summed E-state index contributed by atoms with van der Waals surface area (Å²) in [6.45, 7) is 3.78. The lowest BCUT2D eigenvalue weighted by Crippen LogP contribution is -2.48. The highest BCUT2D eigenvalue weighted by Gasteiger charge is 2.43. The molecule has 5 rings (SSSR count). The minimum atomic E-state index is -0.337. The maximum absolute atomic E-state index is 12.9. The van der Waals surface area contributed by atoms with E-state index in [9.17, 15) is 4.79 Å². The number of fused-ring (bicyclic) bond motifs is 4. The minimum Gasteiger partial charge on any atom is -0.368 e. The Balaban J connectivity index is 1.41. The first kappa shape index (κ1) is 17.2. The first-order chi connectivity index (χ1) is 13.6. The highest BCUT2D eigenvalue weighted by molar-refractivity contribution is 5.95. The predicted octanol–water partition coefficient (Wildman–Crippen LogP) is 2.55. The zero-order valence-corrected chi connectivity index (χ0v) is 15.9. The van der Waals surface area contributed by atoms with Gasteiger partial charge < -0.3 is 20.4 Å². The van der Waals surface area contributed by atoms with Crippen LogP contribution in [0.25, 0.3) is 10.9 Å². The maximum atomic E-state index is 12.9. The number of hydrogen-bond donors (Lipinski definition) is 2. The summed E-state index contributed by atoms with van der Waals surface area (Å²) in [7, 11) is 0. The minimum absolute atomic E-state index is 0.0416. The Bertz CT molecular complexity index is 1070. The summed E-state index contributed by atoms with van der Waals surface area (Å²) in [6.07, 6.45) is 3.99. The number of anilines is 1. The van der Waals surface area contributed by atoms with Gasteiger partial charge in [0, 0.05) is 30.2 Å². The van der Waals surface area contributed by atoms with Crippen molar-refractivity contribution < 1.29 is 9.53 Å². The predicted molar refractivity (Wildman–Crippen MR) is 106 cm³/mol. The van der Waals surface area contributed by atoms with Gasteiger partial charge in [0.1, 0.15) is 5.60 Å². The molecule has 0 bridgehead atoms. The van der Waals surface area contributed by atoms with Crippen molar-refractivity contribution in [3.8, 4) is 0 Å². The molecule has 0 radical (unpaired) electrons. The lowest BCUT2D eigenvalue weighted by molar-refractivity contribution is -0.0957. The van der Waals surface area contributed by atoms with E-state index in [-0.39, 0.29) is 17.5 Å². The molecule has 3 N–H and O–H groups in total. The normalized spacial score (nSPS) is 18.4. The van der Waals surface area contributed by atoms with E-state index < -0.39 is 0 Å². The lowest BCUT2D eigenvalue weighted by atomic mass is 9.83. The third-order valence-corrected chi connectivity index (χ3v) is 6.09. The van der Waals surface area contributed by atoms with Gasteiger partial charge in [-0.25, -0.2) is 9.97 Å². The molecular formula is C21H23N5O2. The molecule has 1 fully saturated rings. The van der Waals surface area contributed by atoms with Gasteiger partial charge in [0.15, 0.2) is 0 Å². The van der Waals surface area contributed by atoms with Gasteiger partial charge >= 0.3 is 0 Å². The monoisotopic (exact) mass is 377 g/mol. The Morgan fingerprint density at radius 3 is 2.86 bits per heavy atom. The van der Waals surface area contributed by atoms with Crippen LogP contribution in [0.4, 0.5) is 5.95 Å². The van der Waals surface area contributed by atoms with Crippen LogP contribution in [-0.4, -0.2) is 45.5 Å². The molecule has 28 heavy (non-hydrogen) atoms. The highest BCUT2D eigenvalue weighted by Crippen LogP contribution is 2.43. The number of aromatic nitrogens is 3. The summed E-state index contributed by atoms with van der Waals surface area (Å²) in [6, 6.07) is 8.42. The van der Waals surface area contributed by atoms with E-state index in [4.69, 9.17) is 10.5 Å². The number of aromatic amines is 1. The SMILES string of the molecule is Cc1nc(N)ncc1C(=O)N1CCC2(CC1)OCCc1c2[nH]c2ccccc12. The van der Waals surface area contributed by atoms with Crippen LogP contribution in [0, 0.1) is 6.92 Å². The number of rotatable bonds is 1. The fourth-order valence-electron chi connectivity index (χ4n) is 4.60. The molecule has 4 heterocycles. The second kappa shape index (κ2) is 6.31.